The first-order chi connectivity index (χ1) is 9.25. The molecule has 0 radical (unpaired) electrons. The van der Waals surface area contributed by atoms with Gasteiger partial charge in [-0.15, -0.1) is 0 Å². The van der Waals surface area contributed by atoms with Crippen molar-refractivity contribution in [3.63, 3.8) is 0 Å². The van der Waals surface area contributed by atoms with Crippen LogP contribution in [-0.4, -0.2) is 18.0 Å². The van der Waals surface area contributed by atoms with E-state index in [0.717, 1.165) is 18.0 Å². The number of carbonyl (C=O) groups is 1. The van der Waals surface area contributed by atoms with E-state index in [1.165, 1.54) is 36.9 Å². The molecule has 0 aromatic heterocycles. The van der Waals surface area contributed by atoms with E-state index in [1.54, 1.807) is 0 Å². The summed E-state index contributed by atoms with van der Waals surface area (Å²) in [6.07, 6.45) is 6.25. The van der Waals surface area contributed by atoms with Crippen molar-refractivity contribution in [2.24, 2.45) is 5.92 Å². The van der Waals surface area contributed by atoms with Gasteiger partial charge in [0.15, 0.2) is 0 Å². The minimum absolute atomic E-state index is 0.0710. The van der Waals surface area contributed by atoms with E-state index in [4.69, 9.17) is 0 Å². The number of carbonyl (C=O) groups excluding carboxylic acids is 1. The number of rotatable bonds is 0. The fourth-order valence-corrected chi connectivity index (χ4v) is 4.33. The van der Waals surface area contributed by atoms with Gasteiger partial charge >= 0.3 is 0 Å². The van der Waals surface area contributed by atoms with Crippen LogP contribution in [0.25, 0.3) is 0 Å². The van der Waals surface area contributed by atoms with E-state index in [1.807, 2.05) is 12.1 Å². The minimum atomic E-state index is 0.0710. The molecule has 3 nitrogen and oxygen atoms in total. The summed E-state index contributed by atoms with van der Waals surface area (Å²) < 4.78 is 0. The molecule has 4 rings (SSSR count). The number of hydrogen-bond donors (Lipinski definition) is 1. The van der Waals surface area contributed by atoms with Crippen LogP contribution in [0.4, 0.5) is 11.4 Å². The zero-order chi connectivity index (χ0) is 13.0. The smallest absolute Gasteiger partial charge is 0.247 e. The van der Waals surface area contributed by atoms with Crippen molar-refractivity contribution in [1.29, 1.82) is 0 Å². The predicted octanol–water partition coefficient (Wildman–Crippen LogP) is 3.08. The van der Waals surface area contributed by atoms with Gasteiger partial charge in [0.25, 0.3) is 0 Å². The summed E-state index contributed by atoms with van der Waals surface area (Å²) in [6.45, 7) is 2.16. The Kier molecular flexibility index (Phi) is 2.38. The van der Waals surface area contributed by atoms with Gasteiger partial charge in [-0.2, -0.15) is 0 Å². The Labute approximate surface area is 114 Å². The molecule has 19 heavy (non-hydrogen) atoms. The van der Waals surface area contributed by atoms with Gasteiger partial charge in [-0.1, -0.05) is 25.0 Å². The largest absolute Gasteiger partial charge is 0.354 e. The van der Waals surface area contributed by atoms with Crippen LogP contribution < -0.4 is 10.2 Å². The van der Waals surface area contributed by atoms with Gasteiger partial charge in [0.05, 0.1) is 11.4 Å². The second kappa shape index (κ2) is 3.99. The summed E-state index contributed by atoms with van der Waals surface area (Å²) in [5.74, 6) is 0.919. The third kappa shape index (κ3) is 1.54. The van der Waals surface area contributed by atoms with Crippen molar-refractivity contribution >= 4 is 17.3 Å². The van der Waals surface area contributed by atoms with Gasteiger partial charge in [0.1, 0.15) is 6.04 Å². The molecular formula is C16H20N2O. The molecule has 2 heterocycles. The molecule has 2 fully saturated rings. The van der Waals surface area contributed by atoms with E-state index in [0.29, 0.717) is 6.04 Å². The summed E-state index contributed by atoms with van der Waals surface area (Å²) >= 11 is 0. The molecule has 100 valence electrons. The second-order valence-corrected chi connectivity index (χ2v) is 6.23. The van der Waals surface area contributed by atoms with E-state index in [9.17, 15) is 4.79 Å². The molecule has 1 N–H and O–H groups in total. The number of nitrogens with zero attached hydrogens (tertiary/aromatic N) is 1. The highest BCUT2D eigenvalue weighted by Crippen LogP contribution is 2.47. The molecule has 3 heteroatoms. The number of fused-ring (bicyclic) bond motifs is 5. The molecule has 1 saturated carbocycles. The van der Waals surface area contributed by atoms with Crippen LogP contribution >= 0.6 is 0 Å². The maximum absolute atomic E-state index is 12.3. The lowest BCUT2D eigenvalue weighted by atomic mass is 9.84. The molecule has 3 unspecified atom stereocenters. The Balaban J connectivity index is 1.84. The van der Waals surface area contributed by atoms with E-state index in [-0.39, 0.29) is 11.9 Å². The van der Waals surface area contributed by atoms with E-state index < -0.39 is 0 Å². The first-order valence-corrected chi connectivity index (χ1v) is 7.44. The number of hydrogen-bond acceptors (Lipinski definition) is 2. The highest BCUT2D eigenvalue weighted by atomic mass is 16.2. The van der Waals surface area contributed by atoms with E-state index in [2.05, 4.69) is 23.2 Å². The average molecular weight is 256 g/mol. The van der Waals surface area contributed by atoms with E-state index >= 15 is 0 Å². The molecular weight excluding hydrogens is 236 g/mol. The van der Waals surface area contributed by atoms with Crippen molar-refractivity contribution < 1.29 is 4.79 Å². The summed E-state index contributed by atoms with van der Waals surface area (Å²) in [7, 11) is 0. The van der Waals surface area contributed by atoms with Crippen LogP contribution in [0.5, 0.6) is 0 Å². The van der Waals surface area contributed by atoms with Gasteiger partial charge in [-0.25, -0.2) is 0 Å². The Morgan fingerprint density at radius 3 is 3.00 bits per heavy atom. The normalized spacial score (nSPS) is 32.4. The highest BCUT2D eigenvalue weighted by molar-refractivity contribution is 6.04. The van der Waals surface area contributed by atoms with Gasteiger partial charge in [0.2, 0.25) is 5.91 Å². The van der Waals surface area contributed by atoms with Crippen molar-refractivity contribution in [1.82, 2.24) is 0 Å². The predicted molar refractivity (Wildman–Crippen MR) is 76.4 cm³/mol. The average Bonchev–Trinajstić information content (AvgIpc) is 2.79. The molecule has 0 bridgehead atoms. The third-order valence-electron chi connectivity index (χ3n) is 5.14. The fourth-order valence-electron chi connectivity index (χ4n) is 4.33. The van der Waals surface area contributed by atoms with Crippen molar-refractivity contribution in [3.8, 4) is 0 Å². The maximum atomic E-state index is 12.3. The summed E-state index contributed by atoms with van der Waals surface area (Å²) in [5.41, 5.74) is 3.57. The highest BCUT2D eigenvalue weighted by Gasteiger charge is 2.48. The van der Waals surface area contributed by atoms with Crippen molar-refractivity contribution in [2.75, 3.05) is 10.2 Å². The number of anilines is 2. The molecule has 1 amide bonds. The minimum Gasteiger partial charge on any atom is -0.354 e. The van der Waals surface area contributed by atoms with Crippen LogP contribution in [0.1, 0.15) is 37.7 Å². The zero-order valence-electron chi connectivity index (χ0n) is 11.4. The van der Waals surface area contributed by atoms with Gasteiger partial charge < -0.3 is 10.2 Å². The van der Waals surface area contributed by atoms with Crippen molar-refractivity contribution in [3.05, 3.63) is 23.8 Å². The number of aryl methyl sites for hydroxylation is 1. The molecule has 1 saturated heterocycles. The molecule has 1 aromatic carbocycles. The molecule has 3 aliphatic rings. The van der Waals surface area contributed by atoms with Crippen LogP contribution in [0.2, 0.25) is 0 Å². The lowest BCUT2D eigenvalue weighted by Gasteiger charge is -2.40. The standard InChI is InChI=1S/C16H20N2O/c1-10-5-4-7-12-15(10)18-13-8-3-2-6-11(13)9-14(18)16(19)17-12/h4-5,7,11,13-14H,2-3,6,8-9H2,1H3,(H,17,19). The molecule has 2 aliphatic heterocycles. The summed E-state index contributed by atoms with van der Waals surface area (Å²) in [4.78, 5) is 14.8. The summed E-state index contributed by atoms with van der Waals surface area (Å²) in [5, 5.41) is 3.10. The topological polar surface area (TPSA) is 32.3 Å². The van der Waals surface area contributed by atoms with Gasteiger partial charge in [-0.05, 0) is 43.7 Å². The number of nitrogens with one attached hydrogen (secondary N) is 1. The lowest BCUT2D eigenvalue weighted by Crippen LogP contribution is -2.48. The Morgan fingerprint density at radius 1 is 1.26 bits per heavy atom. The number of benzene rings is 1. The Hall–Kier alpha value is -1.51. The number of para-hydroxylation sites is 1. The zero-order valence-corrected chi connectivity index (χ0v) is 11.4. The summed E-state index contributed by atoms with van der Waals surface area (Å²) in [6, 6.07) is 6.88. The monoisotopic (exact) mass is 256 g/mol. The maximum Gasteiger partial charge on any atom is 0.247 e. The van der Waals surface area contributed by atoms with Gasteiger partial charge in [-0.3, -0.25) is 4.79 Å². The van der Waals surface area contributed by atoms with Crippen LogP contribution in [-0.2, 0) is 4.79 Å². The quantitative estimate of drug-likeness (QED) is 0.773. The third-order valence-corrected chi connectivity index (χ3v) is 5.14. The van der Waals surface area contributed by atoms with Crippen LogP contribution in [0, 0.1) is 12.8 Å². The lowest BCUT2D eigenvalue weighted by molar-refractivity contribution is -0.117. The Bertz CT molecular complexity index is 540. The fraction of sp³-hybridized carbons (Fsp3) is 0.562. The molecule has 0 spiro atoms. The number of amides is 1. The second-order valence-electron chi connectivity index (χ2n) is 6.23. The SMILES string of the molecule is Cc1cccc2c1N1C(CC3CCCCC31)C(=O)N2. The first kappa shape index (κ1) is 11.3. The first-order valence-electron chi connectivity index (χ1n) is 7.44. The molecule has 3 atom stereocenters. The molecule has 1 aromatic rings. The van der Waals surface area contributed by atoms with Crippen LogP contribution in [0.3, 0.4) is 0 Å². The van der Waals surface area contributed by atoms with Crippen LogP contribution in [0.15, 0.2) is 18.2 Å². The van der Waals surface area contributed by atoms with Crippen molar-refractivity contribution in [2.45, 2.75) is 51.1 Å². The molecule has 1 aliphatic carbocycles. The Morgan fingerprint density at radius 2 is 2.11 bits per heavy atom. The van der Waals surface area contributed by atoms with Gasteiger partial charge in [0, 0.05) is 6.04 Å².